The zero-order chi connectivity index (χ0) is 15.5. The molecule has 114 valence electrons. The van der Waals surface area contributed by atoms with Crippen LogP contribution in [0.15, 0.2) is 34.7 Å². The monoisotopic (exact) mass is 333 g/mol. The highest BCUT2D eigenvalue weighted by Gasteiger charge is 2.10. The van der Waals surface area contributed by atoms with Crippen molar-refractivity contribution in [2.24, 2.45) is 0 Å². The predicted octanol–water partition coefficient (Wildman–Crippen LogP) is 2.40. The highest BCUT2D eigenvalue weighted by Crippen LogP contribution is 2.20. The van der Waals surface area contributed by atoms with Crippen LogP contribution in [0.4, 0.5) is 0 Å². The van der Waals surface area contributed by atoms with Crippen molar-refractivity contribution in [3.05, 3.63) is 50.0 Å². The molecule has 0 saturated carbocycles. The van der Waals surface area contributed by atoms with Gasteiger partial charge in [0.05, 0.1) is 18.3 Å². The molecule has 3 aromatic heterocycles. The van der Waals surface area contributed by atoms with Gasteiger partial charge in [-0.1, -0.05) is 13.0 Å². The lowest BCUT2D eigenvalue weighted by Crippen LogP contribution is -2.31. The Morgan fingerprint density at radius 1 is 1.41 bits per heavy atom. The van der Waals surface area contributed by atoms with Crippen LogP contribution in [-0.2, 0) is 24.3 Å². The quantitative estimate of drug-likeness (QED) is 0.780. The summed E-state index contributed by atoms with van der Waals surface area (Å²) >= 11 is 3.11. The second-order valence-corrected chi connectivity index (χ2v) is 6.97. The molecule has 0 bridgehead atoms. The third-order valence-corrected chi connectivity index (χ3v) is 5.34. The van der Waals surface area contributed by atoms with Gasteiger partial charge in [-0.2, -0.15) is 0 Å². The maximum absolute atomic E-state index is 12.4. The first kappa shape index (κ1) is 14.9. The third kappa shape index (κ3) is 3.10. The molecule has 3 aromatic rings. The molecule has 22 heavy (non-hydrogen) atoms. The third-order valence-electron chi connectivity index (χ3n) is 3.27. The van der Waals surface area contributed by atoms with Gasteiger partial charge in [0, 0.05) is 9.75 Å². The van der Waals surface area contributed by atoms with Gasteiger partial charge in [-0.15, -0.1) is 22.7 Å². The van der Waals surface area contributed by atoms with E-state index < -0.39 is 0 Å². The van der Waals surface area contributed by atoms with E-state index >= 15 is 0 Å². The van der Waals surface area contributed by atoms with E-state index in [2.05, 4.69) is 10.3 Å². The first-order chi connectivity index (χ1) is 10.7. The lowest BCUT2D eigenvalue weighted by Gasteiger charge is -2.06. The summed E-state index contributed by atoms with van der Waals surface area (Å²) in [6, 6.07) is 5.77. The molecular formula is C15H15N3O2S2. The van der Waals surface area contributed by atoms with E-state index in [0.717, 1.165) is 21.0 Å². The maximum atomic E-state index is 12.4. The number of aromatic nitrogens is 2. The molecule has 0 aliphatic rings. The number of fused-ring (bicyclic) bond motifs is 1. The molecule has 0 saturated heterocycles. The Balaban J connectivity index is 1.74. The summed E-state index contributed by atoms with van der Waals surface area (Å²) in [5.74, 6) is -0.192. The molecule has 5 nitrogen and oxygen atoms in total. The lowest BCUT2D eigenvalue weighted by atomic mass is 10.3. The first-order valence-corrected chi connectivity index (χ1v) is 8.64. The van der Waals surface area contributed by atoms with E-state index in [-0.39, 0.29) is 18.0 Å². The van der Waals surface area contributed by atoms with Crippen molar-refractivity contribution < 1.29 is 4.79 Å². The number of rotatable bonds is 5. The minimum atomic E-state index is -0.192. The van der Waals surface area contributed by atoms with Crippen molar-refractivity contribution in [1.82, 2.24) is 14.9 Å². The van der Waals surface area contributed by atoms with Crippen molar-refractivity contribution in [3.63, 3.8) is 0 Å². The average Bonchev–Trinajstić information content (AvgIpc) is 3.17. The number of hydrogen-bond acceptors (Lipinski definition) is 5. The largest absolute Gasteiger partial charge is 0.350 e. The second-order valence-electron chi connectivity index (χ2n) is 4.82. The molecule has 1 amide bonds. The van der Waals surface area contributed by atoms with Gasteiger partial charge in [0.1, 0.15) is 11.4 Å². The minimum Gasteiger partial charge on any atom is -0.350 e. The summed E-state index contributed by atoms with van der Waals surface area (Å²) in [5.41, 5.74) is -0.160. The van der Waals surface area contributed by atoms with Crippen molar-refractivity contribution in [2.45, 2.75) is 26.4 Å². The smallest absolute Gasteiger partial charge is 0.262 e. The standard InChI is InChI=1S/C15H15N3O2S2/c1-2-10-6-12-14(22-10)17-9-18(15(12)20)8-13(19)16-7-11-4-3-5-21-11/h3-6,9H,2,7-8H2,1H3,(H,16,19). The van der Waals surface area contributed by atoms with E-state index in [1.165, 1.54) is 22.2 Å². The van der Waals surface area contributed by atoms with Crippen molar-refractivity contribution in [3.8, 4) is 0 Å². The van der Waals surface area contributed by atoms with E-state index in [0.29, 0.717) is 11.9 Å². The molecule has 0 aliphatic heterocycles. The van der Waals surface area contributed by atoms with E-state index in [9.17, 15) is 9.59 Å². The number of carbonyl (C=O) groups excluding carboxylic acids is 1. The van der Waals surface area contributed by atoms with E-state index in [1.807, 2.05) is 30.5 Å². The van der Waals surface area contributed by atoms with Gasteiger partial charge in [0.25, 0.3) is 5.56 Å². The number of carbonyl (C=O) groups is 1. The van der Waals surface area contributed by atoms with Crippen molar-refractivity contribution >= 4 is 38.8 Å². The summed E-state index contributed by atoms with van der Waals surface area (Å²) < 4.78 is 1.36. The number of nitrogens with one attached hydrogen (secondary N) is 1. The van der Waals surface area contributed by atoms with Gasteiger partial charge >= 0.3 is 0 Å². The molecular weight excluding hydrogens is 318 g/mol. The SMILES string of the molecule is CCc1cc2c(=O)n(CC(=O)NCc3cccs3)cnc2s1. The Labute approximate surface area is 135 Å². The Kier molecular flexibility index (Phi) is 4.35. The molecule has 0 aliphatic carbocycles. The molecule has 0 fully saturated rings. The van der Waals surface area contributed by atoms with Crippen LogP contribution in [0.25, 0.3) is 10.2 Å². The topological polar surface area (TPSA) is 64.0 Å². The molecule has 0 radical (unpaired) electrons. The molecule has 7 heteroatoms. The summed E-state index contributed by atoms with van der Waals surface area (Å²) in [7, 11) is 0. The fourth-order valence-electron chi connectivity index (χ4n) is 2.11. The fourth-order valence-corrected chi connectivity index (χ4v) is 3.68. The van der Waals surface area contributed by atoms with Gasteiger partial charge in [-0.25, -0.2) is 4.98 Å². The maximum Gasteiger partial charge on any atom is 0.262 e. The Morgan fingerprint density at radius 3 is 3.00 bits per heavy atom. The average molecular weight is 333 g/mol. The van der Waals surface area contributed by atoms with Crippen LogP contribution in [0.5, 0.6) is 0 Å². The van der Waals surface area contributed by atoms with Crippen LogP contribution in [0, 0.1) is 0 Å². The number of hydrogen-bond donors (Lipinski definition) is 1. The second kappa shape index (κ2) is 6.41. The number of thiophene rings is 2. The van der Waals surface area contributed by atoms with Gasteiger partial charge < -0.3 is 5.32 Å². The summed E-state index contributed by atoms with van der Waals surface area (Å²) in [6.07, 6.45) is 2.33. The highest BCUT2D eigenvalue weighted by atomic mass is 32.1. The molecule has 3 heterocycles. The summed E-state index contributed by atoms with van der Waals surface area (Å²) in [6.45, 7) is 2.52. The molecule has 0 unspecified atom stereocenters. The van der Waals surface area contributed by atoms with Crippen LogP contribution >= 0.6 is 22.7 Å². The zero-order valence-corrected chi connectivity index (χ0v) is 13.7. The molecule has 1 N–H and O–H groups in total. The highest BCUT2D eigenvalue weighted by molar-refractivity contribution is 7.18. The molecule has 3 rings (SSSR count). The van der Waals surface area contributed by atoms with Gasteiger partial charge in [-0.05, 0) is 23.9 Å². The predicted molar refractivity (Wildman–Crippen MR) is 89.4 cm³/mol. The van der Waals surface area contributed by atoms with Crippen LogP contribution in [-0.4, -0.2) is 15.5 Å². The van der Waals surface area contributed by atoms with Crippen molar-refractivity contribution in [1.29, 1.82) is 0 Å². The number of nitrogens with zero attached hydrogens (tertiary/aromatic N) is 2. The normalized spacial score (nSPS) is 11.0. The Hall–Kier alpha value is -1.99. The summed E-state index contributed by atoms with van der Waals surface area (Å²) in [4.78, 5) is 31.6. The first-order valence-electron chi connectivity index (χ1n) is 6.94. The van der Waals surface area contributed by atoms with Crippen LogP contribution in [0.1, 0.15) is 16.7 Å². The summed E-state index contributed by atoms with van der Waals surface area (Å²) in [5, 5.41) is 5.37. The Morgan fingerprint density at radius 2 is 2.27 bits per heavy atom. The van der Waals surface area contributed by atoms with Crippen molar-refractivity contribution in [2.75, 3.05) is 0 Å². The Bertz CT molecular complexity index is 849. The van der Waals surface area contributed by atoms with E-state index in [1.54, 1.807) is 11.3 Å². The molecule has 0 spiro atoms. The lowest BCUT2D eigenvalue weighted by molar-refractivity contribution is -0.121. The fraction of sp³-hybridized carbons (Fsp3) is 0.267. The van der Waals surface area contributed by atoms with Crippen LogP contribution < -0.4 is 10.9 Å². The minimum absolute atomic E-state index is 0.00947. The zero-order valence-electron chi connectivity index (χ0n) is 12.0. The van der Waals surface area contributed by atoms with Gasteiger partial charge in [0.15, 0.2) is 0 Å². The van der Waals surface area contributed by atoms with Crippen LogP contribution in [0.2, 0.25) is 0 Å². The number of amides is 1. The molecule has 0 aromatic carbocycles. The van der Waals surface area contributed by atoms with E-state index in [4.69, 9.17) is 0 Å². The number of aryl methyl sites for hydroxylation is 1. The van der Waals surface area contributed by atoms with Gasteiger partial charge in [-0.3, -0.25) is 14.2 Å². The van der Waals surface area contributed by atoms with Crippen LogP contribution in [0.3, 0.4) is 0 Å². The van der Waals surface area contributed by atoms with Gasteiger partial charge in [0.2, 0.25) is 5.91 Å². The molecule has 0 atom stereocenters.